The summed E-state index contributed by atoms with van der Waals surface area (Å²) in [4.78, 5) is 4.47. The maximum atomic E-state index is 5.37. The van der Waals surface area contributed by atoms with Gasteiger partial charge in [0.05, 0.1) is 12.1 Å². The molecule has 0 radical (unpaired) electrons. The van der Waals surface area contributed by atoms with Gasteiger partial charge in [-0.15, -0.1) is 0 Å². The highest BCUT2D eigenvalue weighted by atomic mass is 16.5. The van der Waals surface area contributed by atoms with E-state index in [4.69, 9.17) is 4.52 Å². The maximum absolute atomic E-state index is 5.37. The normalized spacial score (nSPS) is 21.2. The lowest BCUT2D eigenvalue weighted by Gasteiger charge is -2.31. The number of anilines is 1. The average molecular weight is 309 g/mol. The molecule has 118 valence electrons. The highest BCUT2D eigenvalue weighted by Crippen LogP contribution is 2.30. The van der Waals surface area contributed by atoms with Crippen LogP contribution >= 0.6 is 0 Å². The molecular formula is C17H19N5O. The molecule has 0 bridgehead atoms. The molecular weight excluding hydrogens is 290 g/mol. The molecule has 4 rings (SSSR count). The van der Waals surface area contributed by atoms with Crippen LogP contribution in [0.4, 0.5) is 5.95 Å². The summed E-state index contributed by atoms with van der Waals surface area (Å²) in [6, 6.07) is 12.4. The minimum Gasteiger partial charge on any atom is -0.347 e. The molecule has 3 aromatic rings. The Morgan fingerprint density at radius 2 is 1.96 bits per heavy atom. The highest BCUT2D eigenvalue weighted by molar-refractivity contribution is 5.53. The third-order valence-corrected chi connectivity index (χ3v) is 4.36. The second kappa shape index (κ2) is 6.24. The standard InChI is InChI=1S/C17H19N5O/c1-2-7-13(8-3-1)16-20-17(21-23-16)19-14-9-4-5-10-15(14)22-12-6-11-18-22/h1-3,6-8,11-12,14-15H,4-5,9-10H2,(H,19,21). The topological polar surface area (TPSA) is 68.8 Å². The van der Waals surface area contributed by atoms with Gasteiger partial charge in [-0.2, -0.15) is 10.1 Å². The molecule has 23 heavy (non-hydrogen) atoms. The summed E-state index contributed by atoms with van der Waals surface area (Å²) >= 11 is 0. The van der Waals surface area contributed by atoms with Crippen molar-refractivity contribution in [3.63, 3.8) is 0 Å². The Morgan fingerprint density at radius 3 is 2.78 bits per heavy atom. The second-order valence-corrected chi connectivity index (χ2v) is 5.88. The molecule has 1 N–H and O–H groups in total. The van der Waals surface area contributed by atoms with Crippen molar-refractivity contribution in [2.24, 2.45) is 0 Å². The van der Waals surface area contributed by atoms with Gasteiger partial charge in [0.25, 0.3) is 11.8 Å². The summed E-state index contributed by atoms with van der Waals surface area (Å²) in [6.07, 6.45) is 8.48. The fourth-order valence-corrected chi connectivity index (χ4v) is 3.22. The average Bonchev–Trinajstić information content (AvgIpc) is 3.28. The van der Waals surface area contributed by atoms with Crippen molar-refractivity contribution in [2.45, 2.75) is 37.8 Å². The van der Waals surface area contributed by atoms with Crippen LogP contribution in [0.1, 0.15) is 31.7 Å². The fourth-order valence-electron chi connectivity index (χ4n) is 3.22. The summed E-state index contributed by atoms with van der Waals surface area (Å²) in [6.45, 7) is 0. The van der Waals surface area contributed by atoms with E-state index in [0.29, 0.717) is 17.9 Å². The van der Waals surface area contributed by atoms with Gasteiger partial charge in [0.1, 0.15) is 0 Å². The molecule has 0 amide bonds. The van der Waals surface area contributed by atoms with Crippen LogP contribution in [0.3, 0.4) is 0 Å². The molecule has 2 unspecified atom stereocenters. The predicted molar refractivity (Wildman–Crippen MR) is 86.9 cm³/mol. The van der Waals surface area contributed by atoms with Crippen LogP contribution in [-0.4, -0.2) is 26.0 Å². The van der Waals surface area contributed by atoms with E-state index in [1.165, 1.54) is 12.8 Å². The first-order valence-corrected chi connectivity index (χ1v) is 8.05. The Kier molecular flexibility index (Phi) is 3.80. The molecule has 2 aromatic heterocycles. The number of nitrogens with zero attached hydrogens (tertiary/aromatic N) is 4. The maximum Gasteiger partial charge on any atom is 0.264 e. The molecule has 1 saturated carbocycles. The largest absolute Gasteiger partial charge is 0.347 e. The van der Waals surface area contributed by atoms with Crippen molar-refractivity contribution in [2.75, 3.05) is 5.32 Å². The van der Waals surface area contributed by atoms with Gasteiger partial charge < -0.3 is 9.84 Å². The Morgan fingerprint density at radius 1 is 1.09 bits per heavy atom. The summed E-state index contributed by atoms with van der Waals surface area (Å²) in [7, 11) is 0. The third kappa shape index (κ3) is 2.97. The predicted octanol–water partition coefficient (Wildman–Crippen LogP) is 3.53. The molecule has 6 nitrogen and oxygen atoms in total. The minimum atomic E-state index is 0.268. The van der Waals surface area contributed by atoms with E-state index in [2.05, 4.69) is 20.6 Å². The van der Waals surface area contributed by atoms with Crippen LogP contribution in [0.2, 0.25) is 0 Å². The van der Waals surface area contributed by atoms with Crippen molar-refractivity contribution >= 4 is 5.95 Å². The lowest BCUT2D eigenvalue weighted by Crippen LogP contribution is -2.34. The number of rotatable bonds is 4. The first-order valence-electron chi connectivity index (χ1n) is 8.05. The molecule has 1 aromatic carbocycles. The Balaban J connectivity index is 1.52. The molecule has 1 aliphatic rings. The first kappa shape index (κ1) is 14.0. The molecule has 2 atom stereocenters. The van der Waals surface area contributed by atoms with Gasteiger partial charge in [0, 0.05) is 18.0 Å². The lowest BCUT2D eigenvalue weighted by atomic mass is 9.90. The number of benzene rings is 1. The van der Waals surface area contributed by atoms with E-state index < -0.39 is 0 Å². The SMILES string of the molecule is c1ccc(-c2nc(NC3CCCCC3n3cccn3)no2)cc1. The number of nitrogens with one attached hydrogen (secondary N) is 1. The minimum absolute atomic E-state index is 0.268. The lowest BCUT2D eigenvalue weighted by molar-refractivity contribution is 0.299. The molecule has 0 spiro atoms. The van der Waals surface area contributed by atoms with E-state index in [1.807, 2.05) is 53.5 Å². The van der Waals surface area contributed by atoms with Crippen LogP contribution in [0.5, 0.6) is 0 Å². The number of hydrogen-bond donors (Lipinski definition) is 1. The van der Waals surface area contributed by atoms with Crippen molar-refractivity contribution in [3.8, 4) is 11.5 Å². The van der Waals surface area contributed by atoms with Crippen LogP contribution in [0, 0.1) is 0 Å². The fraction of sp³-hybridized carbons (Fsp3) is 0.353. The molecule has 1 fully saturated rings. The summed E-state index contributed by atoms with van der Waals surface area (Å²) in [5.41, 5.74) is 0.931. The molecule has 1 aliphatic carbocycles. The van der Waals surface area contributed by atoms with E-state index in [9.17, 15) is 0 Å². The second-order valence-electron chi connectivity index (χ2n) is 5.88. The van der Waals surface area contributed by atoms with Crippen molar-refractivity contribution in [1.29, 1.82) is 0 Å². The Bertz CT molecular complexity index is 737. The van der Waals surface area contributed by atoms with E-state index in [1.54, 1.807) is 0 Å². The zero-order valence-electron chi connectivity index (χ0n) is 12.8. The number of hydrogen-bond acceptors (Lipinski definition) is 5. The van der Waals surface area contributed by atoms with Gasteiger partial charge in [-0.25, -0.2) is 0 Å². The Labute approximate surface area is 134 Å². The van der Waals surface area contributed by atoms with E-state index >= 15 is 0 Å². The third-order valence-electron chi connectivity index (χ3n) is 4.36. The van der Waals surface area contributed by atoms with Crippen LogP contribution in [0.25, 0.3) is 11.5 Å². The van der Waals surface area contributed by atoms with E-state index in [0.717, 1.165) is 18.4 Å². The summed E-state index contributed by atoms with van der Waals surface area (Å²) in [5, 5.41) is 11.9. The molecule has 6 heteroatoms. The highest BCUT2D eigenvalue weighted by Gasteiger charge is 2.28. The van der Waals surface area contributed by atoms with Gasteiger partial charge in [0.2, 0.25) is 0 Å². The first-order chi connectivity index (χ1) is 11.4. The zero-order valence-corrected chi connectivity index (χ0v) is 12.8. The summed E-state index contributed by atoms with van der Waals surface area (Å²) in [5.74, 6) is 1.09. The smallest absolute Gasteiger partial charge is 0.264 e. The number of aromatic nitrogens is 4. The van der Waals surface area contributed by atoms with Gasteiger partial charge >= 0.3 is 0 Å². The molecule has 0 aliphatic heterocycles. The molecule has 0 saturated heterocycles. The van der Waals surface area contributed by atoms with Crippen molar-refractivity contribution in [3.05, 3.63) is 48.8 Å². The Hall–Kier alpha value is -2.63. The van der Waals surface area contributed by atoms with Gasteiger partial charge in [-0.1, -0.05) is 31.0 Å². The van der Waals surface area contributed by atoms with Gasteiger partial charge in [0.15, 0.2) is 0 Å². The van der Waals surface area contributed by atoms with Gasteiger partial charge in [-0.3, -0.25) is 4.68 Å². The van der Waals surface area contributed by atoms with Crippen LogP contribution < -0.4 is 5.32 Å². The van der Waals surface area contributed by atoms with Crippen LogP contribution in [-0.2, 0) is 0 Å². The van der Waals surface area contributed by atoms with E-state index in [-0.39, 0.29) is 6.04 Å². The van der Waals surface area contributed by atoms with Crippen molar-refractivity contribution in [1.82, 2.24) is 19.9 Å². The monoisotopic (exact) mass is 309 g/mol. The summed E-state index contributed by atoms with van der Waals surface area (Å²) < 4.78 is 7.41. The quantitative estimate of drug-likeness (QED) is 0.798. The van der Waals surface area contributed by atoms with Crippen molar-refractivity contribution < 1.29 is 4.52 Å². The van der Waals surface area contributed by atoms with Crippen LogP contribution in [0.15, 0.2) is 53.3 Å². The van der Waals surface area contributed by atoms with Gasteiger partial charge in [-0.05, 0) is 36.2 Å². The molecule has 2 heterocycles. The zero-order chi connectivity index (χ0) is 15.5.